The van der Waals surface area contributed by atoms with E-state index in [-0.39, 0.29) is 0 Å². The minimum atomic E-state index is 0.369. The number of aromatic nitrogens is 4. The lowest BCUT2D eigenvalue weighted by Crippen LogP contribution is -1.97. The van der Waals surface area contributed by atoms with Crippen LogP contribution in [0.1, 0.15) is 0 Å². The Morgan fingerprint density at radius 1 is 1.45 bits per heavy atom. The topological polar surface area (TPSA) is 69.1 Å². The number of thiol groups is 1. The summed E-state index contributed by atoms with van der Waals surface area (Å²) in [6, 6.07) is 0. The molecule has 0 aromatic carbocycles. The van der Waals surface area contributed by atoms with E-state index in [2.05, 4.69) is 27.7 Å². The van der Waals surface area contributed by atoms with E-state index in [9.17, 15) is 0 Å². The number of fused-ring (bicyclic) bond motifs is 1. The number of nitrogens with zero attached hydrogens (tertiary/aromatic N) is 4. The molecule has 2 rings (SSSR count). The Bertz CT molecular complexity index is 395. The van der Waals surface area contributed by atoms with E-state index < -0.39 is 0 Å². The zero-order chi connectivity index (χ0) is 7.84. The van der Waals surface area contributed by atoms with E-state index >= 15 is 0 Å². The fourth-order valence-electron chi connectivity index (χ4n) is 0.797. The van der Waals surface area contributed by atoms with Gasteiger partial charge in [0.2, 0.25) is 0 Å². The average Bonchev–Trinajstić information content (AvgIpc) is 2.45. The van der Waals surface area contributed by atoms with Gasteiger partial charge in [0, 0.05) is 0 Å². The summed E-state index contributed by atoms with van der Waals surface area (Å²) in [5.41, 5.74) is 6.10. The molecule has 2 N–H and O–H groups in total. The Balaban J connectivity index is 2.93. The maximum Gasteiger partial charge on any atom is 0.174 e. The summed E-state index contributed by atoms with van der Waals surface area (Å²) in [5.74, 6) is 0.369. The van der Waals surface area contributed by atoms with E-state index in [4.69, 9.17) is 5.73 Å². The largest absolute Gasteiger partial charge is 0.383 e. The molecule has 0 unspecified atom stereocenters. The van der Waals surface area contributed by atoms with Crippen LogP contribution in [0.4, 0.5) is 5.82 Å². The van der Waals surface area contributed by atoms with Gasteiger partial charge in [-0.15, -0.1) is 12.6 Å². The van der Waals surface area contributed by atoms with Crippen molar-refractivity contribution in [1.29, 1.82) is 0 Å². The van der Waals surface area contributed by atoms with Crippen LogP contribution in [-0.2, 0) is 0 Å². The number of hydrogen-bond donors (Lipinski definition) is 2. The zero-order valence-corrected chi connectivity index (χ0v) is 6.36. The molecule has 56 valence electrons. The summed E-state index contributed by atoms with van der Waals surface area (Å²) in [4.78, 5) is 8.34. The molecule has 0 radical (unpaired) electrons. The summed E-state index contributed by atoms with van der Waals surface area (Å²) in [7, 11) is 0. The normalized spacial score (nSPS) is 10.6. The highest BCUT2D eigenvalue weighted by Crippen LogP contribution is 2.16. The van der Waals surface area contributed by atoms with Crippen LogP contribution in [0.2, 0.25) is 0 Å². The Hall–Kier alpha value is -1.30. The number of rotatable bonds is 0. The van der Waals surface area contributed by atoms with Gasteiger partial charge in [0.1, 0.15) is 18.5 Å². The predicted octanol–water partition coefficient (Wildman–Crippen LogP) is -0.00480. The first-order valence-electron chi connectivity index (χ1n) is 2.92. The van der Waals surface area contributed by atoms with Gasteiger partial charge in [0.05, 0.1) is 4.90 Å². The van der Waals surface area contributed by atoms with Crippen LogP contribution in [0.5, 0.6) is 0 Å². The van der Waals surface area contributed by atoms with E-state index in [0.29, 0.717) is 16.4 Å². The molecule has 0 fully saturated rings. The van der Waals surface area contributed by atoms with Crippen LogP contribution in [0.25, 0.3) is 5.65 Å². The summed E-state index contributed by atoms with van der Waals surface area (Å²) < 4.78 is 1.51. The standard InChI is InChI=1S/C5H5N5S/c6-4-3(11)5-7-1-9-10(5)2-8-4/h1-2,11H,6H2. The molecule has 2 heterocycles. The first-order chi connectivity index (χ1) is 5.29. The first-order valence-corrected chi connectivity index (χ1v) is 3.36. The maximum absolute atomic E-state index is 5.48. The molecule has 2 aromatic rings. The number of hydrogen-bond acceptors (Lipinski definition) is 5. The SMILES string of the molecule is Nc1ncn2ncnc2c1S. The second-order valence-corrected chi connectivity index (χ2v) is 2.45. The van der Waals surface area contributed by atoms with Crippen LogP contribution in [0, 0.1) is 0 Å². The lowest BCUT2D eigenvalue weighted by molar-refractivity contribution is 0.910. The van der Waals surface area contributed by atoms with Crippen LogP contribution < -0.4 is 5.73 Å². The van der Waals surface area contributed by atoms with Gasteiger partial charge < -0.3 is 5.73 Å². The Morgan fingerprint density at radius 2 is 2.27 bits per heavy atom. The van der Waals surface area contributed by atoms with E-state index in [1.165, 1.54) is 17.2 Å². The van der Waals surface area contributed by atoms with Gasteiger partial charge in [-0.25, -0.2) is 14.5 Å². The molecule has 0 spiro atoms. The van der Waals surface area contributed by atoms with E-state index in [0.717, 1.165) is 0 Å². The second kappa shape index (κ2) is 2.09. The molecule has 0 aliphatic carbocycles. The van der Waals surface area contributed by atoms with Gasteiger partial charge in [0.15, 0.2) is 5.65 Å². The molecule has 5 nitrogen and oxygen atoms in total. The van der Waals surface area contributed by atoms with Crippen molar-refractivity contribution in [2.75, 3.05) is 5.73 Å². The highest BCUT2D eigenvalue weighted by atomic mass is 32.1. The fraction of sp³-hybridized carbons (Fsp3) is 0. The minimum absolute atomic E-state index is 0.369. The lowest BCUT2D eigenvalue weighted by Gasteiger charge is -1.96. The monoisotopic (exact) mass is 167 g/mol. The zero-order valence-electron chi connectivity index (χ0n) is 5.47. The molecule has 6 heteroatoms. The lowest BCUT2D eigenvalue weighted by atomic mass is 10.5. The molecule has 0 aliphatic heterocycles. The maximum atomic E-state index is 5.48. The van der Waals surface area contributed by atoms with Crippen molar-refractivity contribution in [2.45, 2.75) is 4.90 Å². The molecule has 0 saturated heterocycles. The summed E-state index contributed by atoms with van der Waals surface area (Å²) >= 11 is 4.12. The van der Waals surface area contributed by atoms with Gasteiger partial charge in [0.25, 0.3) is 0 Å². The molecule has 0 bridgehead atoms. The van der Waals surface area contributed by atoms with Crippen molar-refractivity contribution in [1.82, 2.24) is 19.6 Å². The smallest absolute Gasteiger partial charge is 0.174 e. The van der Waals surface area contributed by atoms with Crippen LogP contribution >= 0.6 is 12.6 Å². The van der Waals surface area contributed by atoms with E-state index in [1.54, 1.807) is 0 Å². The van der Waals surface area contributed by atoms with Crippen LogP contribution in [0.15, 0.2) is 17.6 Å². The molecular weight excluding hydrogens is 162 g/mol. The Kier molecular flexibility index (Phi) is 1.22. The summed E-state index contributed by atoms with van der Waals surface area (Å²) in [5, 5.41) is 3.86. The quantitative estimate of drug-likeness (QED) is 0.542. The third kappa shape index (κ3) is 0.829. The molecule has 2 aromatic heterocycles. The molecule has 0 saturated carbocycles. The highest BCUT2D eigenvalue weighted by Gasteiger charge is 2.03. The van der Waals surface area contributed by atoms with Crippen LogP contribution in [-0.4, -0.2) is 19.6 Å². The third-order valence-electron chi connectivity index (χ3n) is 1.33. The third-order valence-corrected chi connectivity index (χ3v) is 1.76. The van der Waals surface area contributed by atoms with Gasteiger partial charge in [-0.2, -0.15) is 5.10 Å². The highest BCUT2D eigenvalue weighted by molar-refractivity contribution is 7.80. The van der Waals surface area contributed by atoms with E-state index in [1.807, 2.05) is 0 Å². The average molecular weight is 167 g/mol. The van der Waals surface area contributed by atoms with Crippen molar-refractivity contribution < 1.29 is 0 Å². The van der Waals surface area contributed by atoms with Crippen molar-refractivity contribution in [3.8, 4) is 0 Å². The first kappa shape index (κ1) is 6.41. The molecular formula is C5H5N5S. The molecule has 0 amide bonds. The molecule has 0 aliphatic rings. The van der Waals surface area contributed by atoms with Crippen molar-refractivity contribution in [2.24, 2.45) is 0 Å². The summed E-state index contributed by atoms with van der Waals surface area (Å²) in [6.07, 6.45) is 2.92. The number of nitrogen functional groups attached to an aromatic ring is 1. The van der Waals surface area contributed by atoms with Gasteiger partial charge in [-0.05, 0) is 0 Å². The predicted molar refractivity (Wildman–Crippen MR) is 42.4 cm³/mol. The van der Waals surface area contributed by atoms with Crippen molar-refractivity contribution in [3.05, 3.63) is 12.7 Å². The van der Waals surface area contributed by atoms with Crippen LogP contribution in [0.3, 0.4) is 0 Å². The fourth-order valence-corrected chi connectivity index (χ4v) is 1.01. The van der Waals surface area contributed by atoms with Crippen molar-refractivity contribution in [3.63, 3.8) is 0 Å². The van der Waals surface area contributed by atoms with Gasteiger partial charge in [-0.3, -0.25) is 0 Å². The number of nitrogens with two attached hydrogens (primary N) is 1. The molecule has 0 atom stereocenters. The minimum Gasteiger partial charge on any atom is -0.383 e. The second-order valence-electron chi connectivity index (χ2n) is 2.01. The van der Waals surface area contributed by atoms with Gasteiger partial charge in [-0.1, -0.05) is 0 Å². The number of anilines is 1. The summed E-state index contributed by atoms with van der Waals surface area (Å²) in [6.45, 7) is 0. The van der Waals surface area contributed by atoms with Gasteiger partial charge >= 0.3 is 0 Å². The van der Waals surface area contributed by atoms with Crippen molar-refractivity contribution >= 4 is 24.1 Å². The molecule has 11 heavy (non-hydrogen) atoms. The Labute approximate surface area is 67.7 Å². The Morgan fingerprint density at radius 3 is 3.09 bits per heavy atom.